The van der Waals surface area contributed by atoms with E-state index in [9.17, 15) is 0 Å². The van der Waals surface area contributed by atoms with Crippen LogP contribution in [0.1, 0.15) is 30.0 Å². The lowest BCUT2D eigenvalue weighted by atomic mass is 9.95. The summed E-state index contributed by atoms with van der Waals surface area (Å²) in [4.78, 5) is 3.75. The van der Waals surface area contributed by atoms with Crippen LogP contribution in [0.15, 0.2) is 28.7 Å². The fourth-order valence-electron chi connectivity index (χ4n) is 2.65. The number of para-hydroxylation sites is 1. The summed E-state index contributed by atoms with van der Waals surface area (Å²) in [6, 6.07) is 8.34. The highest BCUT2D eigenvalue weighted by atomic mass is 32.1. The van der Waals surface area contributed by atoms with Gasteiger partial charge in [0.1, 0.15) is 0 Å². The summed E-state index contributed by atoms with van der Waals surface area (Å²) in [5.74, 6) is 0.972. The standard InChI is InChI=1S/C14H15N3OS/c1-8(7-12-16-17-14(19)18-12)13-9(2)15-11-6-4-3-5-10(11)13/h3-6,8,15H,7H2,1-2H3,(H,17,19). The molecule has 0 bridgehead atoms. The number of H-pyrrole nitrogens is 2. The van der Waals surface area contributed by atoms with Gasteiger partial charge in [-0.1, -0.05) is 25.1 Å². The summed E-state index contributed by atoms with van der Waals surface area (Å²) in [5.41, 5.74) is 3.69. The molecule has 5 heteroatoms. The van der Waals surface area contributed by atoms with E-state index in [-0.39, 0.29) is 0 Å². The fourth-order valence-corrected chi connectivity index (χ4v) is 2.79. The van der Waals surface area contributed by atoms with Crippen LogP contribution in [-0.4, -0.2) is 15.2 Å². The lowest BCUT2D eigenvalue weighted by molar-refractivity contribution is 0.466. The van der Waals surface area contributed by atoms with Crippen LogP contribution in [0.25, 0.3) is 10.9 Å². The number of aryl methyl sites for hydroxylation is 1. The molecule has 3 rings (SSSR count). The van der Waals surface area contributed by atoms with Crippen molar-refractivity contribution < 1.29 is 4.42 Å². The number of nitrogens with zero attached hydrogens (tertiary/aromatic N) is 1. The van der Waals surface area contributed by atoms with Gasteiger partial charge >= 0.3 is 0 Å². The first-order valence-electron chi connectivity index (χ1n) is 6.26. The summed E-state index contributed by atoms with van der Waals surface area (Å²) in [6.45, 7) is 4.28. The van der Waals surface area contributed by atoms with E-state index in [1.54, 1.807) is 0 Å². The zero-order chi connectivity index (χ0) is 13.4. The van der Waals surface area contributed by atoms with E-state index in [1.807, 2.05) is 6.07 Å². The van der Waals surface area contributed by atoms with Gasteiger partial charge in [0.2, 0.25) is 5.89 Å². The van der Waals surface area contributed by atoms with Gasteiger partial charge in [0.15, 0.2) is 0 Å². The van der Waals surface area contributed by atoms with Gasteiger partial charge in [-0.25, -0.2) is 5.10 Å². The summed E-state index contributed by atoms with van der Waals surface area (Å²) >= 11 is 4.90. The normalized spacial score (nSPS) is 12.9. The van der Waals surface area contributed by atoms with Crippen LogP contribution >= 0.6 is 12.2 Å². The van der Waals surface area contributed by atoms with Crippen molar-refractivity contribution in [1.29, 1.82) is 0 Å². The Hall–Kier alpha value is -1.88. The number of nitrogens with one attached hydrogen (secondary N) is 2. The third-order valence-corrected chi connectivity index (χ3v) is 3.57. The number of rotatable bonds is 3. The fraction of sp³-hybridized carbons (Fsp3) is 0.286. The monoisotopic (exact) mass is 273 g/mol. The molecule has 0 spiro atoms. The number of aromatic amines is 2. The summed E-state index contributed by atoms with van der Waals surface area (Å²) in [5, 5.41) is 8.00. The Morgan fingerprint density at radius 3 is 2.89 bits per heavy atom. The van der Waals surface area contributed by atoms with Crippen LogP contribution in [0, 0.1) is 11.8 Å². The van der Waals surface area contributed by atoms with E-state index >= 15 is 0 Å². The zero-order valence-electron chi connectivity index (χ0n) is 10.9. The van der Waals surface area contributed by atoms with Crippen LogP contribution in [0.4, 0.5) is 0 Å². The van der Waals surface area contributed by atoms with E-state index in [1.165, 1.54) is 22.2 Å². The smallest absolute Gasteiger partial charge is 0.284 e. The molecular formula is C14H15N3OS. The van der Waals surface area contributed by atoms with Crippen molar-refractivity contribution in [3.8, 4) is 0 Å². The molecule has 0 saturated carbocycles. The molecule has 0 saturated heterocycles. The maximum atomic E-state index is 5.34. The minimum Gasteiger partial charge on any atom is -0.414 e. The third kappa shape index (κ3) is 2.21. The van der Waals surface area contributed by atoms with Gasteiger partial charge < -0.3 is 9.40 Å². The van der Waals surface area contributed by atoms with Gasteiger partial charge in [0.05, 0.1) is 0 Å². The van der Waals surface area contributed by atoms with E-state index < -0.39 is 0 Å². The maximum Gasteiger partial charge on any atom is 0.284 e. The van der Waals surface area contributed by atoms with Crippen LogP contribution in [0.2, 0.25) is 0 Å². The van der Waals surface area contributed by atoms with Gasteiger partial charge in [-0.05, 0) is 36.7 Å². The summed E-state index contributed by atoms with van der Waals surface area (Å²) < 4.78 is 5.34. The Bertz CT molecular complexity index is 768. The highest BCUT2D eigenvalue weighted by molar-refractivity contribution is 7.71. The first-order chi connectivity index (χ1) is 9.15. The summed E-state index contributed by atoms with van der Waals surface area (Å²) in [7, 11) is 0. The van der Waals surface area contributed by atoms with E-state index in [4.69, 9.17) is 16.6 Å². The van der Waals surface area contributed by atoms with Crippen molar-refractivity contribution in [2.45, 2.75) is 26.2 Å². The van der Waals surface area contributed by atoms with Gasteiger partial charge in [-0.3, -0.25) is 0 Å². The Kier molecular flexibility index (Phi) is 2.98. The second-order valence-electron chi connectivity index (χ2n) is 4.82. The molecule has 1 aromatic carbocycles. The molecule has 1 unspecified atom stereocenters. The molecule has 1 atom stereocenters. The van der Waals surface area contributed by atoms with E-state index in [2.05, 4.69) is 47.2 Å². The second kappa shape index (κ2) is 4.66. The van der Waals surface area contributed by atoms with Crippen LogP contribution < -0.4 is 0 Å². The number of hydrogen-bond acceptors (Lipinski definition) is 3. The van der Waals surface area contributed by atoms with Crippen molar-refractivity contribution in [3.05, 3.63) is 46.3 Å². The first kappa shape index (κ1) is 12.2. The number of benzene rings is 1. The molecule has 98 valence electrons. The lowest BCUT2D eigenvalue weighted by Crippen LogP contribution is -2.00. The molecule has 0 aliphatic carbocycles. The largest absolute Gasteiger partial charge is 0.414 e. The quantitative estimate of drug-likeness (QED) is 0.712. The molecule has 0 aliphatic heterocycles. The lowest BCUT2D eigenvalue weighted by Gasteiger charge is -2.09. The maximum absolute atomic E-state index is 5.34. The number of aromatic nitrogens is 3. The number of fused-ring (bicyclic) bond motifs is 1. The topological polar surface area (TPSA) is 57.6 Å². The highest BCUT2D eigenvalue weighted by Gasteiger charge is 2.17. The molecule has 2 heterocycles. The summed E-state index contributed by atoms with van der Waals surface area (Å²) in [6.07, 6.45) is 0.732. The minimum absolute atomic E-state index is 0.317. The predicted octanol–water partition coefficient (Wildman–Crippen LogP) is 3.87. The second-order valence-corrected chi connectivity index (χ2v) is 5.19. The first-order valence-corrected chi connectivity index (χ1v) is 6.67. The van der Waals surface area contributed by atoms with Gasteiger partial charge in [-0.2, -0.15) is 0 Å². The molecule has 2 N–H and O–H groups in total. The molecule has 19 heavy (non-hydrogen) atoms. The molecule has 0 radical (unpaired) electrons. The van der Waals surface area contributed by atoms with Gasteiger partial charge in [0, 0.05) is 23.0 Å². The van der Waals surface area contributed by atoms with Crippen molar-refractivity contribution in [1.82, 2.24) is 15.2 Å². The Balaban J connectivity index is 1.99. The molecule has 0 amide bonds. The zero-order valence-corrected chi connectivity index (χ0v) is 11.7. The molecule has 3 aromatic rings. The van der Waals surface area contributed by atoms with Crippen LogP contribution in [-0.2, 0) is 6.42 Å². The molecule has 2 aromatic heterocycles. The molecular weight excluding hydrogens is 258 g/mol. The van der Waals surface area contributed by atoms with Crippen molar-refractivity contribution in [2.24, 2.45) is 0 Å². The van der Waals surface area contributed by atoms with Crippen molar-refractivity contribution >= 4 is 23.1 Å². The Labute approximate surface area is 115 Å². The molecule has 4 nitrogen and oxygen atoms in total. The minimum atomic E-state index is 0.317. The van der Waals surface area contributed by atoms with Gasteiger partial charge in [0.25, 0.3) is 4.84 Å². The van der Waals surface area contributed by atoms with Crippen molar-refractivity contribution in [2.75, 3.05) is 0 Å². The Morgan fingerprint density at radius 2 is 2.16 bits per heavy atom. The average Bonchev–Trinajstić information content (AvgIpc) is 2.91. The molecule has 0 fully saturated rings. The van der Waals surface area contributed by atoms with E-state index in [0.717, 1.165) is 6.42 Å². The van der Waals surface area contributed by atoms with Crippen molar-refractivity contribution in [3.63, 3.8) is 0 Å². The SMILES string of the molecule is Cc1[nH]c2ccccc2c1C(C)Cc1n[nH]c(=S)o1. The highest BCUT2D eigenvalue weighted by Crippen LogP contribution is 2.30. The number of hydrogen-bond donors (Lipinski definition) is 2. The Morgan fingerprint density at radius 1 is 1.37 bits per heavy atom. The molecule has 0 aliphatic rings. The van der Waals surface area contributed by atoms with Crippen LogP contribution in [0.3, 0.4) is 0 Å². The average molecular weight is 273 g/mol. The van der Waals surface area contributed by atoms with E-state index in [0.29, 0.717) is 16.6 Å². The van der Waals surface area contributed by atoms with Crippen LogP contribution in [0.5, 0.6) is 0 Å². The third-order valence-electron chi connectivity index (χ3n) is 3.40. The predicted molar refractivity (Wildman–Crippen MR) is 76.8 cm³/mol. The van der Waals surface area contributed by atoms with Gasteiger partial charge in [-0.15, -0.1) is 5.10 Å².